The minimum atomic E-state index is -1.33. The first-order valence-corrected chi connectivity index (χ1v) is 3.25. The second kappa shape index (κ2) is 7.23. The Bertz CT molecular complexity index is 179. The molecule has 2 atom stereocenters. The van der Waals surface area contributed by atoms with E-state index in [0.717, 1.165) is 0 Å². The summed E-state index contributed by atoms with van der Waals surface area (Å²) in [6.45, 7) is 0.308. The number of hydrogen-bond donors (Lipinski definition) is 1. The molecule has 5 nitrogen and oxygen atoms in total. The molecule has 1 saturated heterocycles. The molecule has 1 rings (SSSR count). The molecule has 0 saturated carbocycles. The fraction of sp³-hybridized carbons (Fsp3) is 0.667. The molecule has 13 heavy (non-hydrogen) atoms. The first-order valence-electron chi connectivity index (χ1n) is 3.25. The van der Waals surface area contributed by atoms with Crippen molar-refractivity contribution in [3.63, 3.8) is 0 Å². The van der Waals surface area contributed by atoms with E-state index in [-0.39, 0.29) is 72.2 Å². The van der Waals surface area contributed by atoms with Crippen molar-refractivity contribution >= 4 is 11.9 Å². The summed E-state index contributed by atoms with van der Waals surface area (Å²) in [7, 11) is 0. The van der Waals surface area contributed by atoms with Crippen LogP contribution in [-0.4, -0.2) is 25.0 Å². The second-order valence-electron chi connectivity index (χ2n) is 2.51. The van der Waals surface area contributed by atoms with Crippen LogP contribution in [0.3, 0.4) is 0 Å². The Morgan fingerprint density at radius 1 is 1.00 bits per heavy atom. The SMILES string of the molecule is O=C([O-])C1CNCC1C(=O)[O-].[Na+].[Na+]. The number of hydrogen-bond acceptors (Lipinski definition) is 5. The predicted octanol–water partition coefficient (Wildman–Crippen LogP) is -9.67. The van der Waals surface area contributed by atoms with E-state index in [1.807, 2.05) is 0 Å². The Hall–Kier alpha value is 0.900. The van der Waals surface area contributed by atoms with Crippen molar-refractivity contribution < 1.29 is 78.9 Å². The number of nitrogens with one attached hydrogen (secondary N) is 1. The van der Waals surface area contributed by atoms with E-state index < -0.39 is 23.8 Å². The second-order valence-corrected chi connectivity index (χ2v) is 2.51. The zero-order valence-corrected chi connectivity index (χ0v) is 11.7. The van der Waals surface area contributed by atoms with Gasteiger partial charge in [-0.3, -0.25) is 0 Å². The third-order valence-corrected chi connectivity index (χ3v) is 1.82. The Kier molecular flexibility index (Phi) is 9.08. The van der Waals surface area contributed by atoms with Gasteiger partial charge < -0.3 is 25.1 Å². The largest absolute Gasteiger partial charge is 1.00 e. The molecule has 0 amide bonds. The number of carbonyl (C=O) groups is 2. The molecule has 0 radical (unpaired) electrons. The van der Waals surface area contributed by atoms with E-state index in [1.54, 1.807) is 0 Å². The molecular formula is C6H7NNa2O4. The van der Waals surface area contributed by atoms with Crippen LogP contribution in [0.2, 0.25) is 0 Å². The predicted molar refractivity (Wildman–Crippen MR) is 29.9 cm³/mol. The number of carbonyl (C=O) groups excluding carboxylic acids is 2. The average Bonchev–Trinajstić information content (AvgIpc) is 2.32. The first-order chi connectivity index (χ1) is 5.13. The fourth-order valence-corrected chi connectivity index (χ4v) is 1.17. The molecule has 7 heteroatoms. The van der Waals surface area contributed by atoms with Crippen LogP contribution in [0.5, 0.6) is 0 Å². The Labute approximate surface area is 120 Å². The maximum atomic E-state index is 10.3. The van der Waals surface area contributed by atoms with Gasteiger partial charge in [0, 0.05) is 36.9 Å². The Balaban J connectivity index is 0. The van der Waals surface area contributed by atoms with E-state index in [2.05, 4.69) is 5.32 Å². The number of carboxylic acids is 2. The van der Waals surface area contributed by atoms with Crippen LogP contribution in [0.4, 0.5) is 0 Å². The number of rotatable bonds is 2. The molecule has 0 bridgehead atoms. The van der Waals surface area contributed by atoms with Gasteiger partial charge in [-0.2, -0.15) is 0 Å². The van der Waals surface area contributed by atoms with Gasteiger partial charge >= 0.3 is 59.1 Å². The molecule has 2 unspecified atom stereocenters. The van der Waals surface area contributed by atoms with Crippen LogP contribution in [0.1, 0.15) is 0 Å². The van der Waals surface area contributed by atoms with Gasteiger partial charge in [-0.1, -0.05) is 0 Å². The van der Waals surface area contributed by atoms with Crippen molar-refractivity contribution in [1.29, 1.82) is 0 Å². The van der Waals surface area contributed by atoms with Crippen LogP contribution >= 0.6 is 0 Å². The van der Waals surface area contributed by atoms with Crippen molar-refractivity contribution in [2.24, 2.45) is 11.8 Å². The third kappa shape index (κ3) is 4.29. The van der Waals surface area contributed by atoms with E-state index in [4.69, 9.17) is 0 Å². The molecule has 1 aliphatic rings. The molecule has 0 spiro atoms. The first kappa shape index (κ1) is 16.3. The van der Waals surface area contributed by atoms with Crippen LogP contribution in [0.25, 0.3) is 0 Å². The molecule has 1 fully saturated rings. The Morgan fingerprint density at radius 2 is 1.31 bits per heavy atom. The quantitative estimate of drug-likeness (QED) is 0.450. The van der Waals surface area contributed by atoms with Crippen molar-refractivity contribution in [1.82, 2.24) is 5.32 Å². The maximum Gasteiger partial charge on any atom is 1.00 e. The van der Waals surface area contributed by atoms with Gasteiger partial charge in [0.15, 0.2) is 0 Å². The molecule has 1 heterocycles. The standard InChI is InChI=1S/C6H9NO4.2Na/c8-5(9)3-1-7-2-4(3)6(10)11;;/h3-4,7H,1-2H2,(H,8,9)(H,10,11);;/q;2*+1/p-2. The molecule has 1 N–H and O–H groups in total. The minimum absolute atomic E-state index is 0. The van der Waals surface area contributed by atoms with Crippen LogP contribution in [-0.2, 0) is 9.59 Å². The molecule has 0 aromatic heterocycles. The van der Waals surface area contributed by atoms with Crippen LogP contribution in [0.15, 0.2) is 0 Å². The molecule has 1 aliphatic heterocycles. The van der Waals surface area contributed by atoms with Crippen molar-refractivity contribution in [2.45, 2.75) is 0 Å². The van der Waals surface area contributed by atoms with E-state index in [1.165, 1.54) is 0 Å². The van der Waals surface area contributed by atoms with Crippen LogP contribution in [0, 0.1) is 11.8 Å². The molecule has 0 aliphatic carbocycles. The van der Waals surface area contributed by atoms with Gasteiger partial charge in [-0.15, -0.1) is 0 Å². The summed E-state index contributed by atoms with van der Waals surface area (Å²) in [5, 5.41) is 23.2. The summed E-state index contributed by atoms with van der Waals surface area (Å²) in [4.78, 5) is 20.5. The Morgan fingerprint density at radius 3 is 1.54 bits per heavy atom. The normalized spacial score (nSPS) is 25.5. The van der Waals surface area contributed by atoms with Gasteiger partial charge in [-0.05, 0) is 0 Å². The molecule has 0 aromatic rings. The summed E-state index contributed by atoms with van der Waals surface area (Å²) in [5.41, 5.74) is 0. The van der Waals surface area contributed by atoms with E-state index >= 15 is 0 Å². The van der Waals surface area contributed by atoms with Gasteiger partial charge in [0.05, 0.1) is 0 Å². The fourth-order valence-electron chi connectivity index (χ4n) is 1.17. The summed E-state index contributed by atoms with van der Waals surface area (Å²) < 4.78 is 0. The van der Waals surface area contributed by atoms with Gasteiger partial charge in [0.25, 0.3) is 0 Å². The average molecular weight is 203 g/mol. The smallest absolute Gasteiger partial charge is 0.550 e. The molecular weight excluding hydrogens is 196 g/mol. The molecule has 0 aromatic carbocycles. The van der Waals surface area contributed by atoms with Crippen molar-refractivity contribution in [2.75, 3.05) is 13.1 Å². The third-order valence-electron chi connectivity index (χ3n) is 1.82. The summed E-state index contributed by atoms with van der Waals surface area (Å²) in [6, 6.07) is 0. The van der Waals surface area contributed by atoms with Gasteiger partial charge in [0.1, 0.15) is 0 Å². The van der Waals surface area contributed by atoms with Gasteiger partial charge in [-0.25, -0.2) is 0 Å². The van der Waals surface area contributed by atoms with E-state index in [9.17, 15) is 19.8 Å². The zero-order chi connectivity index (χ0) is 8.43. The zero-order valence-electron chi connectivity index (χ0n) is 7.70. The summed E-state index contributed by atoms with van der Waals surface area (Å²) >= 11 is 0. The number of carboxylic acid groups (broad SMARTS) is 2. The van der Waals surface area contributed by atoms with Gasteiger partial charge in [0.2, 0.25) is 0 Å². The molecule has 62 valence electrons. The van der Waals surface area contributed by atoms with Crippen molar-refractivity contribution in [3.05, 3.63) is 0 Å². The van der Waals surface area contributed by atoms with Crippen LogP contribution < -0.4 is 74.6 Å². The number of aliphatic carboxylic acids is 2. The maximum absolute atomic E-state index is 10.3. The topological polar surface area (TPSA) is 92.3 Å². The minimum Gasteiger partial charge on any atom is -0.550 e. The van der Waals surface area contributed by atoms with E-state index in [0.29, 0.717) is 0 Å². The van der Waals surface area contributed by atoms with Crippen molar-refractivity contribution in [3.8, 4) is 0 Å². The summed E-state index contributed by atoms with van der Waals surface area (Å²) in [6.07, 6.45) is 0. The monoisotopic (exact) mass is 203 g/mol. The summed E-state index contributed by atoms with van der Waals surface area (Å²) in [5.74, 6) is -4.55.